The molecule has 0 saturated heterocycles. The van der Waals surface area contributed by atoms with Crippen molar-refractivity contribution in [2.75, 3.05) is 0 Å². The Balaban J connectivity index is 0.000000720. The molecule has 1 aromatic carbocycles. The van der Waals surface area contributed by atoms with Gasteiger partial charge in [-0.15, -0.1) is 22.2 Å². The molecule has 0 amide bonds. The molecule has 1 heterocycles. The van der Waals surface area contributed by atoms with Gasteiger partial charge in [-0.05, 0) is 0 Å². The van der Waals surface area contributed by atoms with Gasteiger partial charge >= 0.3 is 0 Å². The maximum Gasteiger partial charge on any atom is 0.113 e. The summed E-state index contributed by atoms with van der Waals surface area (Å²) < 4.78 is 13.4. The molecule has 0 atom stereocenters. The molecule has 1 aromatic heterocycles. The normalized spacial score (nSPS) is 9.75. The van der Waals surface area contributed by atoms with Gasteiger partial charge in [-0.25, -0.2) is 0 Å². The van der Waals surface area contributed by atoms with E-state index in [4.69, 9.17) is 0 Å². The molecule has 2 rings (SSSR count). The van der Waals surface area contributed by atoms with E-state index in [1.54, 1.807) is 24.3 Å². The summed E-state index contributed by atoms with van der Waals surface area (Å²) in [6.07, 6.45) is 0. The average Bonchev–Trinajstić information content (AvgIpc) is 2.30. The molecule has 0 bridgehead atoms. The van der Waals surface area contributed by atoms with Gasteiger partial charge in [0.2, 0.25) is 0 Å². The van der Waals surface area contributed by atoms with E-state index < -0.39 is 10.6 Å². The molecule has 0 saturated carbocycles. The summed E-state index contributed by atoms with van der Waals surface area (Å²) in [4.78, 5) is 11.0. The van der Waals surface area contributed by atoms with Gasteiger partial charge in [0.05, 0.1) is 0 Å². The largest absolute Gasteiger partial charge is 0.315 e. The van der Waals surface area contributed by atoms with Crippen LogP contribution < -0.4 is 5.43 Å². The standard InChI is InChI=1S/C8H4FOS.Y/c9-8-7(10)5-3-1-2-4-6(5)11-8;/h1-4H;/q-1;. The van der Waals surface area contributed by atoms with Crippen LogP contribution in [-0.4, -0.2) is 0 Å². The zero-order chi connectivity index (χ0) is 7.84. The Labute approximate surface area is 97.5 Å². The summed E-state index contributed by atoms with van der Waals surface area (Å²) in [6.45, 7) is 0. The second-order valence-electron chi connectivity index (χ2n) is 2.20. The maximum absolute atomic E-state index is 12.6. The number of benzene rings is 1. The van der Waals surface area contributed by atoms with Crippen molar-refractivity contribution in [1.82, 2.24) is 0 Å². The molecule has 1 radical (unpaired) electrons. The van der Waals surface area contributed by atoms with Gasteiger partial charge in [-0.3, -0.25) is 15.7 Å². The van der Waals surface area contributed by atoms with Crippen LogP contribution >= 0.6 is 11.3 Å². The third-order valence-electron chi connectivity index (χ3n) is 1.51. The summed E-state index contributed by atoms with van der Waals surface area (Å²) >= 11 is 0.900. The number of halogens is 1. The van der Waals surface area contributed by atoms with Gasteiger partial charge in [0.1, 0.15) is 10.6 Å². The van der Waals surface area contributed by atoms with Crippen LogP contribution in [0.15, 0.2) is 29.1 Å². The Morgan fingerprint density at radius 1 is 1.33 bits per heavy atom. The van der Waals surface area contributed by atoms with Crippen molar-refractivity contribution in [3.63, 3.8) is 0 Å². The molecule has 0 aliphatic rings. The van der Waals surface area contributed by atoms with Crippen LogP contribution in [0, 0.1) is 5.13 Å². The van der Waals surface area contributed by atoms with E-state index in [1.807, 2.05) is 0 Å². The van der Waals surface area contributed by atoms with Crippen LogP contribution in [0.25, 0.3) is 10.1 Å². The van der Waals surface area contributed by atoms with Crippen LogP contribution in [0.4, 0.5) is 4.39 Å². The Bertz CT molecular complexity index is 445. The van der Waals surface area contributed by atoms with E-state index >= 15 is 0 Å². The van der Waals surface area contributed by atoms with Crippen molar-refractivity contribution in [2.45, 2.75) is 0 Å². The molecule has 12 heavy (non-hydrogen) atoms. The zero-order valence-electron chi connectivity index (χ0n) is 6.08. The minimum Gasteiger partial charge on any atom is -0.315 e. The number of hydrogen-bond acceptors (Lipinski definition) is 2. The molecular formula is C8H4FOSY-. The monoisotopic (exact) mass is 256 g/mol. The minimum atomic E-state index is -0.619. The molecule has 0 unspecified atom stereocenters. The van der Waals surface area contributed by atoms with Crippen molar-refractivity contribution < 1.29 is 37.1 Å². The molecule has 0 fully saturated rings. The number of rotatable bonds is 0. The first kappa shape index (κ1) is 10.1. The quantitative estimate of drug-likeness (QED) is 0.660. The van der Waals surface area contributed by atoms with E-state index in [-0.39, 0.29) is 32.7 Å². The second kappa shape index (κ2) is 3.82. The first-order chi connectivity index (χ1) is 5.29. The third kappa shape index (κ3) is 1.54. The van der Waals surface area contributed by atoms with Crippen LogP contribution in [0.1, 0.15) is 0 Å². The predicted molar refractivity (Wildman–Crippen MR) is 43.6 cm³/mol. The number of thiophene rings is 1. The Kier molecular flexibility index (Phi) is 3.21. The van der Waals surface area contributed by atoms with Crippen molar-refractivity contribution >= 4 is 21.4 Å². The van der Waals surface area contributed by atoms with Gasteiger partial charge in [0.25, 0.3) is 0 Å². The molecular weight excluding hydrogens is 252 g/mol. The first-order valence-corrected chi connectivity index (χ1v) is 3.95. The Morgan fingerprint density at radius 3 is 2.67 bits per heavy atom. The van der Waals surface area contributed by atoms with E-state index in [0.717, 1.165) is 16.0 Å². The molecule has 0 N–H and O–H groups in total. The van der Waals surface area contributed by atoms with Gasteiger partial charge in [-0.2, -0.15) is 0 Å². The van der Waals surface area contributed by atoms with Crippen LogP contribution in [0.5, 0.6) is 0 Å². The van der Waals surface area contributed by atoms with Crippen LogP contribution in [-0.2, 0) is 32.7 Å². The molecule has 0 aliphatic heterocycles. The second-order valence-corrected chi connectivity index (χ2v) is 3.20. The zero-order valence-corrected chi connectivity index (χ0v) is 9.74. The fourth-order valence-corrected chi connectivity index (χ4v) is 1.81. The Hall–Kier alpha value is 0.0139. The summed E-state index contributed by atoms with van der Waals surface area (Å²) in [5, 5.41) is -0.138. The summed E-state index contributed by atoms with van der Waals surface area (Å²) in [6, 6.07) is 6.90. The first-order valence-electron chi connectivity index (χ1n) is 3.13. The topological polar surface area (TPSA) is 17.1 Å². The van der Waals surface area contributed by atoms with Crippen LogP contribution in [0.2, 0.25) is 0 Å². The summed E-state index contributed by atoms with van der Waals surface area (Å²) in [5.41, 5.74) is -0.481. The molecule has 2 aromatic rings. The maximum atomic E-state index is 12.6. The molecule has 1 nitrogen and oxygen atoms in total. The van der Waals surface area contributed by atoms with E-state index in [0.29, 0.717) is 5.39 Å². The van der Waals surface area contributed by atoms with Gasteiger partial charge in [0, 0.05) is 32.7 Å². The average molecular weight is 256 g/mol. The van der Waals surface area contributed by atoms with Crippen molar-refractivity contribution in [2.24, 2.45) is 0 Å². The fourth-order valence-electron chi connectivity index (χ4n) is 0.992. The molecule has 4 heteroatoms. The number of hydrogen-bond donors (Lipinski definition) is 0. The Morgan fingerprint density at radius 2 is 2.00 bits per heavy atom. The molecule has 0 aliphatic carbocycles. The fraction of sp³-hybridized carbons (Fsp3) is 0. The molecule has 0 spiro atoms. The molecule has 59 valence electrons. The van der Waals surface area contributed by atoms with Gasteiger partial charge < -0.3 is 4.79 Å². The smallest absolute Gasteiger partial charge is 0.113 e. The summed E-state index contributed by atoms with van der Waals surface area (Å²) in [7, 11) is 0. The van der Waals surface area contributed by atoms with Crippen LogP contribution in [0.3, 0.4) is 0 Å². The third-order valence-corrected chi connectivity index (χ3v) is 2.45. The van der Waals surface area contributed by atoms with Crippen molar-refractivity contribution in [1.29, 1.82) is 0 Å². The van der Waals surface area contributed by atoms with Crippen molar-refractivity contribution in [3.8, 4) is 0 Å². The van der Waals surface area contributed by atoms with E-state index in [2.05, 4.69) is 0 Å². The number of fused-ring (bicyclic) bond motifs is 1. The van der Waals surface area contributed by atoms with E-state index in [1.165, 1.54) is 0 Å². The predicted octanol–water partition coefficient (Wildman–Crippen LogP) is 2.12. The SMILES string of the molecule is O=c1c2ccccc2s[c-]1F.[Y]. The minimum absolute atomic E-state index is 0. The van der Waals surface area contributed by atoms with E-state index in [9.17, 15) is 9.18 Å². The van der Waals surface area contributed by atoms with Gasteiger partial charge in [0.15, 0.2) is 0 Å². The summed E-state index contributed by atoms with van der Waals surface area (Å²) in [5.74, 6) is 0. The van der Waals surface area contributed by atoms with Gasteiger partial charge in [-0.1, -0.05) is 12.1 Å². The van der Waals surface area contributed by atoms with Crippen molar-refractivity contribution in [3.05, 3.63) is 39.6 Å².